The average molecular weight is 285 g/mol. The number of aliphatic hydroxyl groups is 1. The van der Waals surface area contributed by atoms with Gasteiger partial charge < -0.3 is 15.2 Å². The number of hydrogen-bond donors (Lipinski definition) is 2. The second-order valence-electron chi connectivity index (χ2n) is 4.92. The van der Waals surface area contributed by atoms with Gasteiger partial charge in [-0.1, -0.05) is 24.3 Å². The summed E-state index contributed by atoms with van der Waals surface area (Å²) < 4.78 is 5.72. The normalized spacial score (nSPS) is 11.8. The highest BCUT2D eigenvalue weighted by Crippen LogP contribution is 2.20. The standard InChI is InChI=1S/C17H19NO3/c1-12(19)15-6-4-8-17(10-15)21-11-14-5-3-7-16(9-14)18-13(2)20/h3-10,12,19H,11H2,1-2H3,(H,18,20). The third-order valence-corrected chi connectivity index (χ3v) is 2.99. The summed E-state index contributed by atoms with van der Waals surface area (Å²) in [6, 6.07) is 14.9. The molecule has 0 aromatic heterocycles. The second-order valence-corrected chi connectivity index (χ2v) is 4.92. The SMILES string of the molecule is CC(=O)Nc1cccc(COc2cccc(C(C)O)c2)c1. The lowest BCUT2D eigenvalue weighted by Crippen LogP contribution is -2.06. The Morgan fingerprint density at radius 2 is 2.00 bits per heavy atom. The first kappa shape index (κ1) is 15.1. The molecule has 0 saturated carbocycles. The highest BCUT2D eigenvalue weighted by atomic mass is 16.5. The number of aliphatic hydroxyl groups excluding tert-OH is 1. The monoisotopic (exact) mass is 285 g/mol. The van der Waals surface area contributed by atoms with Gasteiger partial charge in [-0.2, -0.15) is 0 Å². The molecule has 110 valence electrons. The highest BCUT2D eigenvalue weighted by Gasteiger charge is 2.03. The van der Waals surface area contributed by atoms with Gasteiger partial charge in [0.25, 0.3) is 0 Å². The van der Waals surface area contributed by atoms with E-state index >= 15 is 0 Å². The number of benzene rings is 2. The van der Waals surface area contributed by atoms with E-state index in [9.17, 15) is 9.90 Å². The maximum absolute atomic E-state index is 11.0. The van der Waals surface area contributed by atoms with Gasteiger partial charge in [0, 0.05) is 12.6 Å². The number of carbonyl (C=O) groups is 1. The Morgan fingerprint density at radius 1 is 1.24 bits per heavy atom. The molecule has 0 fully saturated rings. The van der Waals surface area contributed by atoms with Crippen molar-refractivity contribution < 1.29 is 14.6 Å². The molecule has 2 N–H and O–H groups in total. The van der Waals surface area contributed by atoms with E-state index in [4.69, 9.17) is 4.74 Å². The molecule has 1 amide bonds. The van der Waals surface area contributed by atoms with Crippen LogP contribution in [0.5, 0.6) is 5.75 Å². The van der Waals surface area contributed by atoms with Crippen molar-refractivity contribution in [3.05, 3.63) is 59.7 Å². The fraction of sp³-hybridized carbons (Fsp3) is 0.235. The van der Waals surface area contributed by atoms with E-state index in [1.165, 1.54) is 6.92 Å². The number of ether oxygens (including phenoxy) is 1. The summed E-state index contributed by atoms with van der Waals surface area (Å²) in [4.78, 5) is 11.0. The zero-order chi connectivity index (χ0) is 15.2. The van der Waals surface area contributed by atoms with E-state index in [0.29, 0.717) is 12.4 Å². The Balaban J connectivity index is 2.02. The summed E-state index contributed by atoms with van der Waals surface area (Å²) in [7, 11) is 0. The van der Waals surface area contributed by atoms with Crippen LogP contribution in [0.4, 0.5) is 5.69 Å². The lowest BCUT2D eigenvalue weighted by molar-refractivity contribution is -0.114. The van der Waals surface area contributed by atoms with Crippen LogP contribution in [0.2, 0.25) is 0 Å². The van der Waals surface area contributed by atoms with Gasteiger partial charge in [-0.05, 0) is 42.3 Å². The van der Waals surface area contributed by atoms with Gasteiger partial charge >= 0.3 is 0 Å². The molecule has 21 heavy (non-hydrogen) atoms. The van der Waals surface area contributed by atoms with Crippen molar-refractivity contribution in [1.29, 1.82) is 0 Å². The van der Waals surface area contributed by atoms with Crippen molar-refractivity contribution in [3.63, 3.8) is 0 Å². The van der Waals surface area contributed by atoms with E-state index in [0.717, 1.165) is 16.8 Å². The molecular weight excluding hydrogens is 266 g/mol. The zero-order valence-electron chi connectivity index (χ0n) is 12.2. The number of hydrogen-bond acceptors (Lipinski definition) is 3. The molecule has 0 spiro atoms. The van der Waals surface area contributed by atoms with E-state index < -0.39 is 6.10 Å². The van der Waals surface area contributed by atoms with Crippen LogP contribution in [0, 0.1) is 0 Å². The quantitative estimate of drug-likeness (QED) is 0.886. The molecule has 0 aliphatic carbocycles. The first-order valence-corrected chi connectivity index (χ1v) is 6.82. The molecule has 2 rings (SSSR count). The largest absolute Gasteiger partial charge is 0.489 e. The second kappa shape index (κ2) is 6.90. The number of nitrogens with one attached hydrogen (secondary N) is 1. The molecule has 0 aliphatic heterocycles. The Morgan fingerprint density at radius 3 is 2.71 bits per heavy atom. The van der Waals surface area contributed by atoms with Crippen molar-refractivity contribution in [1.82, 2.24) is 0 Å². The van der Waals surface area contributed by atoms with E-state index in [-0.39, 0.29) is 5.91 Å². The Kier molecular flexibility index (Phi) is 4.95. The molecule has 0 radical (unpaired) electrons. The Hall–Kier alpha value is -2.33. The first-order valence-electron chi connectivity index (χ1n) is 6.82. The van der Waals surface area contributed by atoms with Crippen LogP contribution < -0.4 is 10.1 Å². The van der Waals surface area contributed by atoms with Crippen LogP contribution in [0.1, 0.15) is 31.1 Å². The summed E-state index contributed by atoms with van der Waals surface area (Å²) in [5, 5.41) is 12.3. The highest BCUT2D eigenvalue weighted by molar-refractivity contribution is 5.88. The fourth-order valence-electron chi connectivity index (χ4n) is 1.97. The van der Waals surface area contributed by atoms with Crippen LogP contribution in [0.25, 0.3) is 0 Å². The smallest absolute Gasteiger partial charge is 0.221 e. The molecule has 4 heteroatoms. The van der Waals surface area contributed by atoms with Gasteiger partial charge in [0.2, 0.25) is 5.91 Å². The average Bonchev–Trinajstić information content (AvgIpc) is 2.45. The Bertz CT molecular complexity index is 623. The predicted molar refractivity (Wildman–Crippen MR) is 82.2 cm³/mol. The van der Waals surface area contributed by atoms with Crippen molar-refractivity contribution in [2.45, 2.75) is 26.6 Å². The Labute approximate surface area is 124 Å². The summed E-state index contributed by atoms with van der Waals surface area (Å²) >= 11 is 0. The summed E-state index contributed by atoms with van der Waals surface area (Å²) in [6.07, 6.45) is -0.517. The van der Waals surface area contributed by atoms with E-state index in [1.54, 1.807) is 6.92 Å². The van der Waals surface area contributed by atoms with Crippen LogP contribution >= 0.6 is 0 Å². The predicted octanol–water partition coefficient (Wildman–Crippen LogP) is 3.28. The minimum atomic E-state index is -0.517. The lowest BCUT2D eigenvalue weighted by atomic mass is 10.1. The van der Waals surface area contributed by atoms with Crippen LogP contribution in [0.15, 0.2) is 48.5 Å². The fourth-order valence-corrected chi connectivity index (χ4v) is 1.97. The molecule has 4 nitrogen and oxygen atoms in total. The van der Waals surface area contributed by atoms with Crippen molar-refractivity contribution in [3.8, 4) is 5.75 Å². The number of rotatable bonds is 5. The molecule has 2 aromatic carbocycles. The van der Waals surface area contributed by atoms with Gasteiger partial charge in [0.1, 0.15) is 12.4 Å². The summed E-state index contributed by atoms with van der Waals surface area (Å²) in [6.45, 7) is 3.59. The van der Waals surface area contributed by atoms with Crippen molar-refractivity contribution in [2.24, 2.45) is 0 Å². The van der Waals surface area contributed by atoms with Crippen LogP contribution in [-0.2, 0) is 11.4 Å². The molecule has 0 heterocycles. The summed E-state index contributed by atoms with van der Waals surface area (Å²) in [5.74, 6) is 0.607. The minimum Gasteiger partial charge on any atom is -0.489 e. The van der Waals surface area contributed by atoms with Crippen LogP contribution in [0.3, 0.4) is 0 Å². The maximum Gasteiger partial charge on any atom is 0.221 e. The van der Waals surface area contributed by atoms with Gasteiger partial charge in [0.05, 0.1) is 6.10 Å². The van der Waals surface area contributed by atoms with Crippen molar-refractivity contribution >= 4 is 11.6 Å². The maximum atomic E-state index is 11.0. The van der Waals surface area contributed by atoms with E-state index in [1.807, 2.05) is 48.5 Å². The molecule has 1 unspecified atom stereocenters. The van der Waals surface area contributed by atoms with Gasteiger partial charge in [-0.3, -0.25) is 4.79 Å². The van der Waals surface area contributed by atoms with Crippen molar-refractivity contribution in [2.75, 3.05) is 5.32 Å². The number of carbonyl (C=O) groups excluding carboxylic acids is 1. The zero-order valence-corrected chi connectivity index (χ0v) is 12.2. The number of anilines is 1. The molecule has 1 atom stereocenters. The first-order chi connectivity index (χ1) is 10.0. The van der Waals surface area contributed by atoms with Gasteiger partial charge in [-0.15, -0.1) is 0 Å². The van der Waals surface area contributed by atoms with Gasteiger partial charge in [-0.25, -0.2) is 0 Å². The third-order valence-electron chi connectivity index (χ3n) is 2.99. The molecule has 2 aromatic rings. The van der Waals surface area contributed by atoms with Gasteiger partial charge in [0.15, 0.2) is 0 Å². The van der Waals surface area contributed by atoms with E-state index in [2.05, 4.69) is 5.32 Å². The number of amides is 1. The molecule has 0 bridgehead atoms. The molecule has 0 aliphatic rings. The topological polar surface area (TPSA) is 58.6 Å². The lowest BCUT2D eigenvalue weighted by Gasteiger charge is -2.10. The molecular formula is C17H19NO3. The molecule has 0 saturated heterocycles. The minimum absolute atomic E-state index is 0.0993. The van der Waals surface area contributed by atoms with Crippen LogP contribution in [-0.4, -0.2) is 11.0 Å². The summed E-state index contributed by atoms with van der Waals surface area (Å²) in [5.41, 5.74) is 2.53. The third kappa shape index (κ3) is 4.61.